The zero-order chi connectivity index (χ0) is 23.4. The molecule has 3 heterocycles. The van der Waals surface area contributed by atoms with Crippen LogP contribution in [0.2, 0.25) is 5.02 Å². The van der Waals surface area contributed by atoms with Crippen LogP contribution in [0, 0.1) is 11.8 Å². The van der Waals surface area contributed by atoms with Crippen molar-refractivity contribution in [3.63, 3.8) is 0 Å². The van der Waals surface area contributed by atoms with Crippen molar-refractivity contribution in [2.75, 3.05) is 0 Å². The van der Waals surface area contributed by atoms with Crippen molar-refractivity contribution in [2.45, 2.75) is 13.3 Å². The summed E-state index contributed by atoms with van der Waals surface area (Å²) in [5.41, 5.74) is -1.07. The average Bonchev–Trinajstić information content (AvgIpc) is 3.32. The van der Waals surface area contributed by atoms with Gasteiger partial charge < -0.3 is 9.63 Å². The molecular weight excluding hydrogens is 456 g/mol. The molecule has 3 aromatic heterocycles. The fourth-order valence-electron chi connectivity index (χ4n) is 2.71. The van der Waals surface area contributed by atoms with Crippen LogP contribution in [-0.2, 0) is 0 Å². The molecule has 4 aromatic rings. The Balaban J connectivity index is 0.000000668. The number of carbonyl (C=O) groups is 1. The molecule has 1 aromatic carbocycles. The monoisotopic (exact) mass is 468 g/mol. The molecular formula is C20H13ClF4N4O3. The van der Waals surface area contributed by atoms with Gasteiger partial charge in [0.05, 0.1) is 34.2 Å². The number of nitrogens with zero attached hydrogens (tertiary/aromatic N) is 4. The smallest absolute Gasteiger partial charge is 0.342 e. The Morgan fingerprint density at radius 3 is 2.50 bits per heavy atom. The van der Waals surface area contributed by atoms with Crippen LogP contribution in [0.5, 0.6) is 0 Å². The number of hydrogen-bond donors (Lipinski definition) is 1. The van der Waals surface area contributed by atoms with Gasteiger partial charge in [0.1, 0.15) is 17.1 Å². The number of aromatic carboxylic acids is 1. The summed E-state index contributed by atoms with van der Waals surface area (Å²) in [7, 11) is 0. The third kappa shape index (κ3) is 4.62. The van der Waals surface area contributed by atoms with Crippen LogP contribution in [-0.4, -0.2) is 37.4 Å². The number of aromatic nitrogens is 4. The molecule has 0 spiro atoms. The molecule has 0 amide bonds. The maximum Gasteiger partial charge on any atom is 0.342 e. The third-order valence-electron chi connectivity index (χ3n) is 3.95. The first-order valence-corrected chi connectivity index (χ1v) is 9.20. The van der Waals surface area contributed by atoms with Gasteiger partial charge in [-0.2, -0.15) is 9.49 Å². The quantitative estimate of drug-likeness (QED) is 0.398. The van der Waals surface area contributed by atoms with E-state index >= 15 is 0 Å². The highest BCUT2D eigenvalue weighted by atomic mass is 35.5. The topological polar surface area (TPSA) is 94.0 Å². The summed E-state index contributed by atoms with van der Waals surface area (Å²) in [6.07, 6.45) is 1.81. The lowest BCUT2D eigenvalue weighted by Crippen LogP contribution is -2.02. The number of alkyl halides is 2. The number of carboxylic acids is 1. The molecule has 0 unspecified atom stereocenters. The normalized spacial score (nSPS) is 10.7. The summed E-state index contributed by atoms with van der Waals surface area (Å²) < 4.78 is 55.8. The van der Waals surface area contributed by atoms with E-state index in [1.54, 1.807) is 12.1 Å². The highest BCUT2D eigenvalue weighted by Gasteiger charge is 2.30. The van der Waals surface area contributed by atoms with Crippen molar-refractivity contribution in [1.29, 1.82) is 0 Å². The molecule has 0 aliphatic carbocycles. The minimum absolute atomic E-state index is 0.0612. The molecule has 0 saturated heterocycles. The van der Waals surface area contributed by atoms with E-state index in [2.05, 4.69) is 15.2 Å². The van der Waals surface area contributed by atoms with Crippen molar-refractivity contribution < 1.29 is 32.0 Å². The predicted molar refractivity (Wildman–Crippen MR) is 106 cm³/mol. The predicted octanol–water partition coefficient (Wildman–Crippen LogP) is 5.49. The molecule has 0 atom stereocenters. The molecule has 4 rings (SSSR count). The second-order valence-electron chi connectivity index (χ2n) is 6.13. The Labute approximate surface area is 182 Å². The van der Waals surface area contributed by atoms with Gasteiger partial charge in [-0.05, 0) is 31.2 Å². The van der Waals surface area contributed by atoms with Gasteiger partial charge >= 0.3 is 5.97 Å². The molecule has 32 heavy (non-hydrogen) atoms. The van der Waals surface area contributed by atoms with Crippen LogP contribution < -0.4 is 0 Å². The van der Waals surface area contributed by atoms with Gasteiger partial charge in [-0.3, -0.25) is 4.98 Å². The number of rotatable bonds is 4. The molecule has 0 saturated carbocycles. The zero-order valence-corrected chi connectivity index (χ0v) is 16.9. The van der Waals surface area contributed by atoms with Crippen LogP contribution in [0.4, 0.5) is 17.6 Å². The van der Waals surface area contributed by atoms with E-state index in [0.29, 0.717) is 5.69 Å². The lowest BCUT2D eigenvalue weighted by Gasteiger charge is -2.03. The van der Waals surface area contributed by atoms with Crippen molar-refractivity contribution in [3.8, 4) is 28.3 Å². The lowest BCUT2D eigenvalue weighted by atomic mass is 10.0. The van der Waals surface area contributed by atoms with Gasteiger partial charge in [-0.1, -0.05) is 22.8 Å². The number of carboxylic acid groups (broad SMARTS) is 1. The molecule has 12 heteroatoms. The largest absolute Gasteiger partial charge is 0.477 e. The number of halogens is 5. The summed E-state index contributed by atoms with van der Waals surface area (Å²) in [5.74, 6) is -3.58. The summed E-state index contributed by atoms with van der Waals surface area (Å²) in [4.78, 5) is 15.7. The first-order chi connectivity index (χ1) is 15.2. The molecule has 0 bridgehead atoms. The maximum atomic E-state index is 14.9. The Bertz CT molecular complexity index is 1220. The minimum Gasteiger partial charge on any atom is -0.477 e. The van der Waals surface area contributed by atoms with Crippen molar-refractivity contribution in [3.05, 3.63) is 71.3 Å². The summed E-state index contributed by atoms with van der Waals surface area (Å²) in [6.45, 7) is 0.833. The van der Waals surface area contributed by atoms with Crippen molar-refractivity contribution >= 4 is 17.6 Å². The van der Waals surface area contributed by atoms with E-state index in [4.69, 9.17) is 16.1 Å². The third-order valence-corrected chi connectivity index (χ3v) is 4.27. The highest BCUT2D eigenvalue weighted by Crippen LogP contribution is 2.37. The van der Waals surface area contributed by atoms with Crippen LogP contribution in [0.1, 0.15) is 17.3 Å². The SMILES string of the molecule is CC(F)F.O=C(O)c1c(-c2c(F)cccc2Cl)noc1-c1cnn(-c2cccnc2)c1F. The van der Waals surface area contributed by atoms with Crippen LogP contribution >= 0.6 is 11.6 Å². The molecule has 0 fully saturated rings. The van der Waals surface area contributed by atoms with E-state index in [1.165, 1.54) is 24.5 Å². The fraction of sp³-hybridized carbons (Fsp3) is 0.100. The molecule has 166 valence electrons. The van der Waals surface area contributed by atoms with Crippen molar-refractivity contribution in [2.24, 2.45) is 0 Å². The number of hydrogen-bond acceptors (Lipinski definition) is 5. The van der Waals surface area contributed by atoms with Gasteiger partial charge in [-0.25, -0.2) is 22.6 Å². The van der Waals surface area contributed by atoms with E-state index in [-0.39, 0.29) is 21.8 Å². The van der Waals surface area contributed by atoms with E-state index < -0.39 is 35.5 Å². The first-order valence-electron chi connectivity index (χ1n) is 8.82. The lowest BCUT2D eigenvalue weighted by molar-refractivity contribution is 0.0698. The fourth-order valence-corrected chi connectivity index (χ4v) is 2.96. The molecule has 7 nitrogen and oxygen atoms in total. The van der Waals surface area contributed by atoms with Gasteiger partial charge in [0.2, 0.25) is 12.4 Å². The van der Waals surface area contributed by atoms with Gasteiger partial charge in [0.25, 0.3) is 0 Å². The molecule has 0 aliphatic rings. The maximum absolute atomic E-state index is 14.9. The van der Waals surface area contributed by atoms with E-state index in [1.807, 2.05) is 0 Å². The Morgan fingerprint density at radius 1 is 1.19 bits per heavy atom. The van der Waals surface area contributed by atoms with Crippen LogP contribution in [0.3, 0.4) is 0 Å². The van der Waals surface area contributed by atoms with E-state index in [9.17, 15) is 27.5 Å². The van der Waals surface area contributed by atoms with Crippen LogP contribution in [0.25, 0.3) is 28.3 Å². The Kier molecular flexibility index (Phi) is 6.89. The second-order valence-corrected chi connectivity index (χ2v) is 6.54. The Hall–Kier alpha value is -3.73. The highest BCUT2D eigenvalue weighted by molar-refractivity contribution is 6.33. The second kappa shape index (κ2) is 9.60. The Morgan fingerprint density at radius 2 is 1.91 bits per heavy atom. The molecule has 1 N–H and O–H groups in total. The molecule has 0 aliphatic heterocycles. The van der Waals surface area contributed by atoms with E-state index in [0.717, 1.165) is 23.9 Å². The van der Waals surface area contributed by atoms with Crippen molar-refractivity contribution in [1.82, 2.24) is 19.9 Å². The summed E-state index contributed by atoms with van der Waals surface area (Å²) in [6, 6.07) is 6.99. The number of benzene rings is 1. The summed E-state index contributed by atoms with van der Waals surface area (Å²) in [5, 5.41) is 17.1. The summed E-state index contributed by atoms with van der Waals surface area (Å²) >= 11 is 6.00. The first kappa shape index (κ1) is 22.9. The standard InChI is InChI=1S/C18H9ClF2N4O3.C2H4F2/c19-11-4-1-5-12(20)13(11)15-14(18(26)27)16(28-24-15)10-8-23-25(17(10)21)9-3-2-6-22-7-9;1-2(3)4/h1-8H,(H,26,27);2H,1H3. The number of pyridine rings is 1. The average molecular weight is 469 g/mol. The van der Waals surface area contributed by atoms with Crippen LogP contribution in [0.15, 0.2) is 53.4 Å². The zero-order valence-electron chi connectivity index (χ0n) is 16.1. The van der Waals surface area contributed by atoms with Gasteiger partial charge in [-0.15, -0.1) is 0 Å². The van der Waals surface area contributed by atoms with Gasteiger partial charge in [0.15, 0.2) is 5.76 Å². The molecule has 0 radical (unpaired) electrons. The van der Waals surface area contributed by atoms with Gasteiger partial charge in [0, 0.05) is 6.20 Å². The minimum atomic E-state index is -2.17.